The van der Waals surface area contributed by atoms with Crippen molar-refractivity contribution in [2.45, 2.75) is 51.9 Å². The van der Waals surface area contributed by atoms with Crippen molar-refractivity contribution in [2.24, 2.45) is 5.73 Å². The van der Waals surface area contributed by atoms with Gasteiger partial charge in [-0.2, -0.15) is 0 Å². The van der Waals surface area contributed by atoms with Gasteiger partial charge in [0.2, 0.25) is 0 Å². The highest BCUT2D eigenvalue weighted by molar-refractivity contribution is 5.35. The van der Waals surface area contributed by atoms with E-state index >= 15 is 0 Å². The van der Waals surface area contributed by atoms with Crippen LogP contribution in [0.4, 0.5) is 0 Å². The lowest BCUT2D eigenvalue weighted by molar-refractivity contribution is 0.107. The summed E-state index contributed by atoms with van der Waals surface area (Å²) in [5.74, 6) is 0.894. The number of hydrogen-bond donors (Lipinski definition) is 1. The highest BCUT2D eigenvalue weighted by Gasteiger charge is 2.13. The van der Waals surface area contributed by atoms with E-state index in [-0.39, 0.29) is 18.2 Å². The Morgan fingerprint density at radius 2 is 1.78 bits per heavy atom. The highest BCUT2D eigenvalue weighted by atomic mass is 16.5. The van der Waals surface area contributed by atoms with Crippen LogP contribution in [0.1, 0.15) is 45.2 Å². The van der Waals surface area contributed by atoms with Crippen molar-refractivity contribution in [3.8, 4) is 5.75 Å². The Kier molecular flexibility index (Phi) is 6.16. The van der Waals surface area contributed by atoms with Crippen LogP contribution in [0.15, 0.2) is 24.3 Å². The number of para-hydroxylation sites is 1. The average Bonchev–Trinajstić information content (AvgIpc) is 2.35. The quantitative estimate of drug-likeness (QED) is 0.808. The van der Waals surface area contributed by atoms with Crippen LogP contribution in [0.2, 0.25) is 0 Å². The molecule has 0 aliphatic heterocycles. The van der Waals surface area contributed by atoms with Gasteiger partial charge in [-0.25, -0.2) is 0 Å². The van der Waals surface area contributed by atoms with E-state index in [1.807, 2.05) is 38.1 Å². The van der Waals surface area contributed by atoms with Gasteiger partial charge in [-0.1, -0.05) is 18.2 Å². The van der Waals surface area contributed by atoms with Crippen LogP contribution in [0.3, 0.4) is 0 Å². The number of methoxy groups -OCH3 is 1. The average molecular weight is 251 g/mol. The first-order valence-corrected chi connectivity index (χ1v) is 6.58. The summed E-state index contributed by atoms with van der Waals surface area (Å²) >= 11 is 0. The van der Waals surface area contributed by atoms with Crippen LogP contribution in [0, 0.1) is 0 Å². The first-order valence-electron chi connectivity index (χ1n) is 6.58. The smallest absolute Gasteiger partial charge is 0.124 e. The Morgan fingerprint density at radius 1 is 1.11 bits per heavy atom. The van der Waals surface area contributed by atoms with Gasteiger partial charge in [0.25, 0.3) is 0 Å². The summed E-state index contributed by atoms with van der Waals surface area (Å²) in [4.78, 5) is 0. The molecule has 0 amide bonds. The minimum atomic E-state index is -0.00227. The molecule has 3 nitrogen and oxygen atoms in total. The predicted octanol–water partition coefficient (Wildman–Crippen LogP) is 3.29. The van der Waals surface area contributed by atoms with Crippen LogP contribution >= 0.6 is 0 Å². The number of ether oxygens (including phenoxy) is 2. The number of rotatable bonds is 7. The van der Waals surface area contributed by atoms with Crippen LogP contribution in [0.5, 0.6) is 5.75 Å². The molecule has 18 heavy (non-hydrogen) atoms. The number of nitrogens with two attached hydrogens (primary N) is 1. The summed E-state index contributed by atoms with van der Waals surface area (Å²) in [6.45, 7) is 6.11. The van der Waals surface area contributed by atoms with Crippen molar-refractivity contribution in [3.63, 3.8) is 0 Å². The van der Waals surface area contributed by atoms with E-state index in [0.717, 1.165) is 24.2 Å². The zero-order chi connectivity index (χ0) is 13.5. The summed E-state index contributed by atoms with van der Waals surface area (Å²) < 4.78 is 11.0. The molecule has 0 radical (unpaired) electrons. The van der Waals surface area contributed by atoms with Gasteiger partial charge >= 0.3 is 0 Å². The lowest BCUT2D eigenvalue weighted by atomic mass is 10.0. The number of benzene rings is 1. The summed E-state index contributed by atoms with van der Waals surface area (Å²) in [6, 6.07) is 8.00. The van der Waals surface area contributed by atoms with E-state index in [2.05, 4.69) is 6.92 Å². The fraction of sp³-hybridized carbons (Fsp3) is 0.600. The molecular formula is C15H25NO2. The van der Waals surface area contributed by atoms with E-state index in [0.29, 0.717) is 0 Å². The zero-order valence-electron chi connectivity index (χ0n) is 11.8. The van der Waals surface area contributed by atoms with Crippen molar-refractivity contribution >= 4 is 0 Å². The van der Waals surface area contributed by atoms with Crippen molar-refractivity contribution in [1.29, 1.82) is 0 Å². The monoisotopic (exact) mass is 251 g/mol. The Labute approximate surface area is 110 Å². The van der Waals surface area contributed by atoms with Gasteiger partial charge in [-0.3, -0.25) is 0 Å². The third kappa shape index (κ3) is 4.67. The summed E-state index contributed by atoms with van der Waals surface area (Å²) in [5, 5.41) is 0. The minimum absolute atomic E-state index is 0.00227. The largest absolute Gasteiger partial charge is 0.491 e. The van der Waals surface area contributed by atoms with E-state index in [1.54, 1.807) is 7.11 Å². The first kappa shape index (κ1) is 15.0. The maximum Gasteiger partial charge on any atom is 0.124 e. The van der Waals surface area contributed by atoms with Crippen molar-refractivity contribution < 1.29 is 9.47 Å². The van der Waals surface area contributed by atoms with Gasteiger partial charge in [0.05, 0.1) is 12.2 Å². The SMILES string of the molecule is COC(C)CCC(N)c1ccccc1OC(C)C. The molecule has 1 aromatic carbocycles. The van der Waals surface area contributed by atoms with Crippen LogP contribution < -0.4 is 10.5 Å². The topological polar surface area (TPSA) is 44.5 Å². The molecular weight excluding hydrogens is 226 g/mol. The third-order valence-corrected chi connectivity index (χ3v) is 2.97. The molecule has 0 saturated heterocycles. The Balaban J connectivity index is 2.69. The second-order valence-corrected chi connectivity index (χ2v) is 4.93. The summed E-state index contributed by atoms with van der Waals surface area (Å²) in [6.07, 6.45) is 2.26. The van der Waals surface area contributed by atoms with Crippen molar-refractivity contribution in [1.82, 2.24) is 0 Å². The van der Waals surface area contributed by atoms with Crippen LogP contribution in [-0.2, 0) is 4.74 Å². The van der Waals surface area contributed by atoms with Gasteiger partial charge in [0.15, 0.2) is 0 Å². The molecule has 102 valence electrons. The molecule has 2 N–H and O–H groups in total. The predicted molar refractivity (Wildman–Crippen MR) is 74.8 cm³/mol. The Hall–Kier alpha value is -1.06. The Bertz CT molecular complexity index is 352. The summed E-state index contributed by atoms with van der Waals surface area (Å²) in [7, 11) is 1.73. The molecule has 2 atom stereocenters. The van der Waals surface area contributed by atoms with Gasteiger partial charge < -0.3 is 15.2 Å². The van der Waals surface area contributed by atoms with E-state index in [4.69, 9.17) is 15.2 Å². The zero-order valence-corrected chi connectivity index (χ0v) is 11.8. The van der Waals surface area contributed by atoms with Crippen molar-refractivity contribution in [3.05, 3.63) is 29.8 Å². The molecule has 0 heterocycles. The molecule has 0 aliphatic rings. The van der Waals surface area contributed by atoms with E-state index in [9.17, 15) is 0 Å². The summed E-state index contributed by atoms with van der Waals surface area (Å²) in [5.41, 5.74) is 7.32. The van der Waals surface area contributed by atoms with Gasteiger partial charge in [0.1, 0.15) is 5.75 Å². The van der Waals surface area contributed by atoms with E-state index < -0.39 is 0 Å². The molecule has 0 saturated carbocycles. The standard InChI is InChI=1S/C15H25NO2/c1-11(2)18-15-8-6-5-7-13(15)14(16)10-9-12(3)17-4/h5-8,11-12,14H,9-10,16H2,1-4H3. The fourth-order valence-corrected chi connectivity index (χ4v) is 1.84. The first-order chi connectivity index (χ1) is 8.54. The highest BCUT2D eigenvalue weighted by Crippen LogP contribution is 2.27. The second-order valence-electron chi connectivity index (χ2n) is 4.93. The van der Waals surface area contributed by atoms with Gasteiger partial charge in [-0.05, 0) is 39.7 Å². The molecule has 3 heteroatoms. The molecule has 0 aromatic heterocycles. The molecule has 1 rings (SSSR count). The molecule has 0 aliphatic carbocycles. The van der Waals surface area contributed by atoms with Gasteiger partial charge in [0, 0.05) is 18.7 Å². The fourth-order valence-electron chi connectivity index (χ4n) is 1.84. The maximum absolute atomic E-state index is 6.24. The lowest BCUT2D eigenvalue weighted by Gasteiger charge is -2.19. The minimum Gasteiger partial charge on any atom is -0.491 e. The number of hydrogen-bond acceptors (Lipinski definition) is 3. The molecule has 1 aromatic rings. The molecule has 0 spiro atoms. The molecule has 0 bridgehead atoms. The van der Waals surface area contributed by atoms with E-state index in [1.165, 1.54) is 0 Å². The van der Waals surface area contributed by atoms with Crippen LogP contribution in [0.25, 0.3) is 0 Å². The van der Waals surface area contributed by atoms with Crippen molar-refractivity contribution in [2.75, 3.05) is 7.11 Å². The maximum atomic E-state index is 6.24. The lowest BCUT2D eigenvalue weighted by Crippen LogP contribution is -2.16. The normalized spacial score (nSPS) is 14.6. The second kappa shape index (κ2) is 7.39. The van der Waals surface area contributed by atoms with Crippen LogP contribution in [-0.4, -0.2) is 19.3 Å². The molecule has 2 unspecified atom stereocenters. The van der Waals surface area contributed by atoms with Gasteiger partial charge in [-0.15, -0.1) is 0 Å². The Morgan fingerprint density at radius 3 is 2.39 bits per heavy atom. The third-order valence-electron chi connectivity index (χ3n) is 2.97. The molecule has 0 fully saturated rings.